The van der Waals surface area contributed by atoms with Gasteiger partial charge in [0.25, 0.3) is 0 Å². The fourth-order valence-corrected chi connectivity index (χ4v) is 1.33. The lowest BCUT2D eigenvalue weighted by atomic mass is 10.1. The first-order valence-electron chi connectivity index (χ1n) is 3.81. The minimum Gasteiger partial charge on any atom is -0.478 e. The molecule has 0 atom stereocenters. The SMILES string of the molecule is CNCc1ccc(C(=O)O)c(Cl)c1. The van der Waals surface area contributed by atoms with E-state index in [1.54, 1.807) is 12.1 Å². The standard InChI is InChI=1S/C9H10ClNO2/c1-11-5-6-2-3-7(9(12)13)8(10)4-6/h2-4,11H,5H2,1H3,(H,12,13). The number of hydrogen-bond acceptors (Lipinski definition) is 2. The highest BCUT2D eigenvalue weighted by atomic mass is 35.5. The van der Waals surface area contributed by atoms with Crippen molar-refractivity contribution < 1.29 is 9.90 Å². The van der Waals surface area contributed by atoms with Gasteiger partial charge < -0.3 is 10.4 Å². The van der Waals surface area contributed by atoms with Crippen molar-refractivity contribution in [2.45, 2.75) is 6.54 Å². The van der Waals surface area contributed by atoms with Crippen molar-refractivity contribution >= 4 is 17.6 Å². The largest absolute Gasteiger partial charge is 0.478 e. The minimum atomic E-state index is -0.999. The summed E-state index contributed by atoms with van der Waals surface area (Å²) < 4.78 is 0. The highest BCUT2D eigenvalue weighted by molar-refractivity contribution is 6.33. The first-order valence-corrected chi connectivity index (χ1v) is 4.19. The van der Waals surface area contributed by atoms with Crippen LogP contribution in [0.15, 0.2) is 18.2 Å². The van der Waals surface area contributed by atoms with Crippen LogP contribution in [0.1, 0.15) is 15.9 Å². The van der Waals surface area contributed by atoms with Gasteiger partial charge in [-0.15, -0.1) is 0 Å². The van der Waals surface area contributed by atoms with Gasteiger partial charge in [-0.25, -0.2) is 4.79 Å². The molecule has 0 aliphatic heterocycles. The maximum absolute atomic E-state index is 10.6. The van der Waals surface area contributed by atoms with Crippen molar-refractivity contribution in [1.82, 2.24) is 5.32 Å². The Morgan fingerprint density at radius 3 is 2.77 bits per heavy atom. The normalized spacial score (nSPS) is 10.0. The summed E-state index contributed by atoms with van der Waals surface area (Å²) >= 11 is 5.75. The van der Waals surface area contributed by atoms with Crippen molar-refractivity contribution in [2.75, 3.05) is 7.05 Å². The summed E-state index contributed by atoms with van der Waals surface area (Å²) in [7, 11) is 1.82. The quantitative estimate of drug-likeness (QED) is 0.780. The molecule has 0 saturated heterocycles. The van der Waals surface area contributed by atoms with E-state index in [2.05, 4.69) is 5.32 Å². The molecule has 0 aliphatic rings. The number of hydrogen-bond donors (Lipinski definition) is 2. The van der Waals surface area contributed by atoms with Crippen molar-refractivity contribution in [3.63, 3.8) is 0 Å². The predicted octanol–water partition coefficient (Wildman–Crippen LogP) is 1.76. The van der Waals surface area contributed by atoms with E-state index in [1.165, 1.54) is 6.07 Å². The Hall–Kier alpha value is -1.06. The number of nitrogens with one attached hydrogen (secondary N) is 1. The third-order valence-corrected chi connectivity index (χ3v) is 1.96. The summed E-state index contributed by atoms with van der Waals surface area (Å²) in [6.07, 6.45) is 0. The Kier molecular flexibility index (Phi) is 3.28. The highest BCUT2D eigenvalue weighted by Crippen LogP contribution is 2.17. The summed E-state index contributed by atoms with van der Waals surface area (Å²) in [4.78, 5) is 10.6. The number of carboxylic acid groups (broad SMARTS) is 1. The summed E-state index contributed by atoms with van der Waals surface area (Å²) in [5.41, 5.74) is 1.11. The molecular formula is C9H10ClNO2. The van der Waals surface area contributed by atoms with E-state index in [1.807, 2.05) is 7.05 Å². The third-order valence-electron chi connectivity index (χ3n) is 1.64. The van der Waals surface area contributed by atoms with Gasteiger partial charge in [-0.2, -0.15) is 0 Å². The smallest absolute Gasteiger partial charge is 0.337 e. The molecule has 0 aliphatic carbocycles. The Morgan fingerprint density at radius 1 is 1.62 bits per heavy atom. The Morgan fingerprint density at radius 2 is 2.31 bits per heavy atom. The van der Waals surface area contributed by atoms with Gasteiger partial charge in [0.05, 0.1) is 10.6 Å². The molecule has 0 fully saturated rings. The molecule has 0 unspecified atom stereocenters. The lowest BCUT2D eigenvalue weighted by Crippen LogP contribution is -2.06. The summed E-state index contributed by atoms with van der Waals surface area (Å²) in [5.74, 6) is -0.999. The molecule has 1 rings (SSSR count). The maximum Gasteiger partial charge on any atom is 0.337 e. The van der Waals surface area contributed by atoms with E-state index in [-0.39, 0.29) is 10.6 Å². The third kappa shape index (κ3) is 2.44. The van der Waals surface area contributed by atoms with E-state index in [0.717, 1.165) is 5.56 Å². The van der Waals surface area contributed by atoms with Crippen LogP contribution in [0.2, 0.25) is 5.02 Å². The molecule has 13 heavy (non-hydrogen) atoms. The average Bonchev–Trinajstić information content (AvgIpc) is 2.04. The molecule has 70 valence electrons. The number of carbonyl (C=O) groups is 1. The van der Waals surface area contributed by atoms with Crippen LogP contribution in [0.5, 0.6) is 0 Å². The fraction of sp³-hybridized carbons (Fsp3) is 0.222. The van der Waals surface area contributed by atoms with Gasteiger partial charge in [-0.3, -0.25) is 0 Å². The van der Waals surface area contributed by atoms with Crippen LogP contribution >= 0.6 is 11.6 Å². The monoisotopic (exact) mass is 199 g/mol. The van der Waals surface area contributed by atoms with E-state index in [4.69, 9.17) is 16.7 Å². The van der Waals surface area contributed by atoms with Crippen LogP contribution in [-0.4, -0.2) is 18.1 Å². The number of rotatable bonds is 3. The van der Waals surface area contributed by atoms with Crippen molar-refractivity contribution in [3.05, 3.63) is 34.3 Å². The molecule has 0 heterocycles. The molecule has 0 spiro atoms. The first kappa shape index (κ1) is 10.0. The van der Waals surface area contributed by atoms with E-state index in [9.17, 15) is 4.79 Å². The van der Waals surface area contributed by atoms with E-state index < -0.39 is 5.97 Å². The summed E-state index contributed by atoms with van der Waals surface area (Å²) in [6.45, 7) is 0.680. The molecule has 0 aromatic heterocycles. The second-order valence-corrected chi connectivity index (χ2v) is 3.06. The Labute approximate surface area is 81.3 Å². The van der Waals surface area contributed by atoms with Crippen LogP contribution in [0, 0.1) is 0 Å². The van der Waals surface area contributed by atoms with Gasteiger partial charge in [-0.1, -0.05) is 17.7 Å². The molecule has 4 heteroatoms. The van der Waals surface area contributed by atoms with Crippen LogP contribution < -0.4 is 5.32 Å². The Bertz CT molecular complexity index is 325. The zero-order valence-corrected chi connectivity index (χ0v) is 7.93. The number of aromatic carboxylic acids is 1. The molecule has 1 aromatic carbocycles. The lowest BCUT2D eigenvalue weighted by Gasteiger charge is -2.02. The second kappa shape index (κ2) is 4.25. The summed E-state index contributed by atoms with van der Waals surface area (Å²) in [6, 6.07) is 4.91. The van der Waals surface area contributed by atoms with E-state index in [0.29, 0.717) is 6.54 Å². The second-order valence-electron chi connectivity index (χ2n) is 2.65. The van der Waals surface area contributed by atoms with Gasteiger partial charge in [0.2, 0.25) is 0 Å². The van der Waals surface area contributed by atoms with Crippen LogP contribution in [0.4, 0.5) is 0 Å². The Balaban J connectivity index is 2.98. The summed E-state index contributed by atoms with van der Waals surface area (Å²) in [5, 5.41) is 11.9. The lowest BCUT2D eigenvalue weighted by molar-refractivity contribution is 0.0697. The highest BCUT2D eigenvalue weighted by Gasteiger charge is 2.07. The first-order chi connectivity index (χ1) is 6.15. The fourth-order valence-electron chi connectivity index (χ4n) is 1.05. The van der Waals surface area contributed by atoms with Gasteiger partial charge >= 0.3 is 5.97 Å². The van der Waals surface area contributed by atoms with Crippen LogP contribution in [-0.2, 0) is 6.54 Å². The van der Waals surface area contributed by atoms with Crippen molar-refractivity contribution in [2.24, 2.45) is 0 Å². The molecule has 0 saturated carbocycles. The van der Waals surface area contributed by atoms with Gasteiger partial charge in [0, 0.05) is 6.54 Å². The minimum absolute atomic E-state index is 0.140. The van der Waals surface area contributed by atoms with Crippen LogP contribution in [0.3, 0.4) is 0 Å². The molecule has 0 amide bonds. The van der Waals surface area contributed by atoms with Crippen molar-refractivity contribution in [3.8, 4) is 0 Å². The molecule has 1 aromatic rings. The zero-order chi connectivity index (χ0) is 9.84. The molecule has 0 bridgehead atoms. The zero-order valence-electron chi connectivity index (χ0n) is 7.17. The predicted molar refractivity (Wildman–Crippen MR) is 51.2 cm³/mol. The van der Waals surface area contributed by atoms with Gasteiger partial charge in [-0.05, 0) is 24.7 Å². The van der Waals surface area contributed by atoms with Crippen molar-refractivity contribution in [1.29, 1.82) is 0 Å². The van der Waals surface area contributed by atoms with Crippen LogP contribution in [0.25, 0.3) is 0 Å². The molecular weight excluding hydrogens is 190 g/mol. The molecule has 2 N–H and O–H groups in total. The number of carboxylic acids is 1. The van der Waals surface area contributed by atoms with Gasteiger partial charge in [0.15, 0.2) is 0 Å². The van der Waals surface area contributed by atoms with Gasteiger partial charge in [0.1, 0.15) is 0 Å². The topological polar surface area (TPSA) is 49.3 Å². The number of halogens is 1. The molecule has 3 nitrogen and oxygen atoms in total. The molecule has 0 radical (unpaired) electrons. The maximum atomic E-state index is 10.6. The van der Waals surface area contributed by atoms with E-state index >= 15 is 0 Å². The average molecular weight is 200 g/mol. The number of benzene rings is 1.